The van der Waals surface area contributed by atoms with Crippen molar-refractivity contribution in [2.75, 3.05) is 0 Å². The molecule has 152 valence electrons. The third-order valence-electron chi connectivity index (χ3n) is 4.75. The molecule has 0 aliphatic heterocycles. The van der Waals surface area contributed by atoms with Gasteiger partial charge >= 0.3 is 5.97 Å². The highest BCUT2D eigenvalue weighted by Gasteiger charge is 2.31. The van der Waals surface area contributed by atoms with Crippen molar-refractivity contribution in [2.24, 2.45) is 0 Å². The highest BCUT2D eigenvalue weighted by Crippen LogP contribution is 2.40. The number of carboxylic acids is 1. The number of aliphatic carboxylic acids is 1. The van der Waals surface area contributed by atoms with Crippen LogP contribution in [0.1, 0.15) is 50.6 Å². The number of ether oxygens (including phenoxy) is 1. The molecule has 0 aliphatic rings. The maximum atomic E-state index is 12.2. The molecule has 1 atom stereocenters. The minimum Gasteiger partial charge on any atom is -0.479 e. The number of pyridine rings is 1. The molecule has 0 saturated carbocycles. The Morgan fingerprint density at radius 1 is 1.17 bits per heavy atom. The van der Waals surface area contributed by atoms with Gasteiger partial charge in [0.15, 0.2) is 6.10 Å². The molecule has 0 amide bonds. The first-order chi connectivity index (χ1) is 13.6. The molecular formula is C24H26ClNO3. The number of hydrogen-bond donors (Lipinski definition) is 1. The van der Waals surface area contributed by atoms with Crippen LogP contribution in [0.3, 0.4) is 0 Å². The zero-order valence-corrected chi connectivity index (χ0v) is 18.2. The molecule has 0 bridgehead atoms. The van der Waals surface area contributed by atoms with Crippen molar-refractivity contribution in [1.82, 2.24) is 4.98 Å². The Kier molecular flexibility index (Phi) is 5.97. The molecule has 1 unspecified atom stereocenters. The predicted octanol–water partition coefficient (Wildman–Crippen LogP) is 6.37. The molecule has 5 heteroatoms. The van der Waals surface area contributed by atoms with Crippen LogP contribution in [0.4, 0.5) is 0 Å². The number of benzene rings is 2. The van der Waals surface area contributed by atoms with E-state index in [-0.39, 0.29) is 0 Å². The van der Waals surface area contributed by atoms with Crippen LogP contribution in [-0.2, 0) is 16.0 Å². The lowest BCUT2D eigenvalue weighted by Gasteiger charge is -2.28. The number of carboxylic acid groups (broad SMARTS) is 1. The molecule has 1 aromatic heterocycles. The molecule has 2 aromatic carbocycles. The number of aryl methyl sites for hydroxylation is 2. The van der Waals surface area contributed by atoms with Gasteiger partial charge in [0.05, 0.1) is 11.1 Å². The SMILES string of the molecule is CCc1ccc2c(-c3ccc(Cl)cc3)c(C(OC(C)(C)C)C(=O)O)c(C)cc2n1. The maximum absolute atomic E-state index is 12.2. The van der Waals surface area contributed by atoms with Gasteiger partial charge in [0.1, 0.15) is 0 Å². The lowest BCUT2D eigenvalue weighted by Crippen LogP contribution is -2.28. The molecular weight excluding hydrogens is 386 g/mol. The normalized spacial score (nSPS) is 12.9. The lowest BCUT2D eigenvalue weighted by molar-refractivity contribution is -0.160. The molecule has 3 rings (SSSR count). The Morgan fingerprint density at radius 3 is 2.38 bits per heavy atom. The van der Waals surface area contributed by atoms with E-state index in [1.165, 1.54) is 0 Å². The Morgan fingerprint density at radius 2 is 1.83 bits per heavy atom. The van der Waals surface area contributed by atoms with E-state index in [4.69, 9.17) is 21.3 Å². The molecule has 1 heterocycles. The van der Waals surface area contributed by atoms with Crippen LogP contribution in [-0.4, -0.2) is 21.7 Å². The minimum absolute atomic E-state index is 0.619. The largest absolute Gasteiger partial charge is 0.479 e. The Labute approximate surface area is 176 Å². The number of fused-ring (bicyclic) bond motifs is 1. The zero-order chi connectivity index (χ0) is 21.3. The lowest BCUT2D eigenvalue weighted by atomic mass is 9.88. The summed E-state index contributed by atoms with van der Waals surface area (Å²) in [5.74, 6) is -1.02. The number of carbonyl (C=O) groups is 1. The summed E-state index contributed by atoms with van der Waals surface area (Å²) < 4.78 is 6.00. The van der Waals surface area contributed by atoms with Crippen LogP contribution in [0.15, 0.2) is 42.5 Å². The fraction of sp³-hybridized carbons (Fsp3) is 0.333. The van der Waals surface area contributed by atoms with Crippen molar-refractivity contribution in [3.8, 4) is 11.1 Å². The van der Waals surface area contributed by atoms with Gasteiger partial charge in [-0.25, -0.2) is 4.79 Å². The number of nitrogens with zero attached hydrogens (tertiary/aromatic N) is 1. The molecule has 4 nitrogen and oxygen atoms in total. The number of hydrogen-bond acceptors (Lipinski definition) is 3. The maximum Gasteiger partial charge on any atom is 0.337 e. The molecule has 0 radical (unpaired) electrons. The van der Waals surface area contributed by atoms with Gasteiger partial charge in [-0.3, -0.25) is 4.98 Å². The molecule has 29 heavy (non-hydrogen) atoms. The molecule has 0 fully saturated rings. The van der Waals surface area contributed by atoms with Crippen molar-refractivity contribution in [3.63, 3.8) is 0 Å². The summed E-state index contributed by atoms with van der Waals surface area (Å²) in [5, 5.41) is 11.5. The van der Waals surface area contributed by atoms with E-state index in [1.807, 2.05) is 70.2 Å². The highest BCUT2D eigenvalue weighted by atomic mass is 35.5. The summed E-state index contributed by atoms with van der Waals surface area (Å²) in [4.78, 5) is 17.0. The average Bonchev–Trinajstić information content (AvgIpc) is 2.64. The first kappa shape index (κ1) is 21.3. The van der Waals surface area contributed by atoms with Crippen LogP contribution in [0.25, 0.3) is 22.0 Å². The van der Waals surface area contributed by atoms with E-state index in [2.05, 4.69) is 6.92 Å². The summed E-state index contributed by atoms with van der Waals surface area (Å²) >= 11 is 6.10. The quantitative estimate of drug-likeness (QED) is 0.530. The zero-order valence-electron chi connectivity index (χ0n) is 17.4. The second kappa shape index (κ2) is 8.13. The molecule has 1 N–H and O–H groups in total. The predicted molar refractivity (Wildman–Crippen MR) is 118 cm³/mol. The molecule has 3 aromatic rings. The average molecular weight is 412 g/mol. The van der Waals surface area contributed by atoms with Gasteiger partial charge in [0, 0.05) is 21.7 Å². The van der Waals surface area contributed by atoms with E-state index < -0.39 is 17.7 Å². The van der Waals surface area contributed by atoms with Gasteiger partial charge < -0.3 is 9.84 Å². The second-order valence-electron chi connectivity index (χ2n) is 8.16. The highest BCUT2D eigenvalue weighted by molar-refractivity contribution is 6.30. The Balaban J connectivity index is 2.38. The van der Waals surface area contributed by atoms with Gasteiger partial charge in [0.25, 0.3) is 0 Å². The fourth-order valence-electron chi connectivity index (χ4n) is 3.51. The standard InChI is InChI=1S/C24H26ClNO3/c1-6-17-11-12-18-19(26-17)13-14(2)20(22(23(27)28)29-24(3,4)5)21(18)15-7-9-16(25)10-8-15/h7-13,22H,6H2,1-5H3,(H,27,28). The second-order valence-corrected chi connectivity index (χ2v) is 8.60. The van der Waals surface area contributed by atoms with Crippen molar-refractivity contribution < 1.29 is 14.6 Å². The van der Waals surface area contributed by atoms with E-state index in [0.717, 1.165) is 39.7 Å². The van der Waals surface area contributed by atoms with Gasteiger partial charge in [-0.2, -0.15) is 0 Å². The van der Waals surface area contributed by atoms with Crippen molar-refractivity contribution in [3.05, 3.63) is 64.3 Å². The summed E-state index contributed by atoms with van der Waals surface area (Å²) in [6.07, 6.45) is -0.270. The summed E-state index contributed by atoms with van der Waals surface area (Å²) in [7, 11) is 0. The van der Waals surface area contributed by atoms with Gasteiger partial charge in [-0.05, 0) is 75.1 Å². The smallest absolute Gasteiger partial charge is 0.337 e. The van der Waals surface area contributed by atoms with Crippen LogP contribution >= 0.6 is 11.6 Å². The molecule has 0 aliphatic carbocycles. The Bertz CT molecular complexity index is 1050. The fourth-order valence-corrected chi connectivity index (χ4v) is 3.64. The summed E-state index contributed by atoms with van der Waals surface area (Å²) in [6, 6.07) is 13.4. The van der Waals surface area contributed by atoms with Crippen LogP contribution in [0.2, 0.25) is 5.02 Å². The Hall–Kier alpha value is -2.43. The van der Waals surface area contributed by atoms with Crippen molar-refractivity contribution >= 4 is 28.5 Å². The third kappa shape index (κ3) is 4.60. The van der Waals surface area contributed by atoms with Crippen LogP contribution in [0, 0.1) is 6.92 Å². The number of halogens is 1. The van der Waals surface area contributed by atoms with Crippen LogP contribution < -0.4 is 0 Å². The summed E-state index contributed by atoms with van der Waals surface area (Å²) in [6.45, 7) is 9.55. The van der Waals surface area contributed by atoms with Gasteiger partial charge in [-0.15, -0.1) is 0 Å². The minimum atomic E-state index is -1.10. The van der Waals surface area contributed by atoms with E-state index >= 15 is 0 Å². The van der Waals surface area contributed by atoms with E-state index in [9.17, 15) is 9.90 Å². The van der Waals surface area contributed by atoms with Gasteiger partial charge in [-0.1, -0.05) is 36.7 Å². The van der Waals surface area contributed by atoms with Gasteiger partial charge in [0.2, 0.25) is 0 Å². The van der Waals surface area contributed by atoms with Crippen LogP contribution in [0.5, 0.6) is 0 Å². The number of aromatic nitrogens is 1. The first-order valence-corrected chi connectivity index (χ1v) is 10.1. The first-order valence-electron chi connectivity index (χ1n) is 9.70. The molecule has 0 spiro atoms. The summed E-state index contributed by atoms with van der Waals surface area (Å²) in [5.41, 5.74) is 4.40. The number of rotatable bonds is 5. The monoisotopic (exact) mass is 411 g/mol. The van der Waals surface area contributed by atoms with Crippen molar-refractivity contribution in [2.45, 2.75) is 52.7 Å². The van der Waals surface area contributed by atoms with E-state index in [0.29, 0.717) is 10.6 Å². The molecule has 0 saturated heterocycles. The topological polar surface area (TPSA) is 59.4 Å². The van der Waals surface area contributed by atoms with Crippen molar-refractivity contribution in [1.29, 1.82) is 0 Å². The van der Waals surface area contributed by atoms with E-state index in [1.54, 1.807) is 0 Å². The third-order valence-corrected chi connectivity index (χ3v) is 5.00.